The van der Waals surface area contributed by atoms with Crippen LogP contribution in [0.2, 0.25) is 0 Å². The number of nitrogens with zero attached hydrogens (tertiary/aromatic N) is 2. The third-order valence-corrected chi connectivity index (χ3v) is 5.31. The molecule has 2 aromatic rings. The molecule has 1 aromatic heterocycles. The molecule has 0 bridgehead atoms. The summed E-state index contributed by atoms with van der Waals surface area (Å²) >= 11 is 0. The van der Waals surface area contributed by atoms with Crippen molar-refractivity contribution in [2.45, 2.75) is 25.8 Å². The van der Waals surface area contributed by atoms with E-state index in [9.17, 15) is 9.90 Å². The first-order valence-corrected chi connectivity index (χ1v) is 8.62. The molecule has 2 heterocycles. The summed E-state index contributed by atoms with van der Waals surface area (Å²) in [5.74, 6) is 1.26. The SMILES string of the molecule is Cc1ccc(-c2ccccc2)c(C(=O)N2C[C@@H]3CC3CC2CO)n1. The summed E-state index contributed by atoms with van der Waals surface area (Å²) in [6, 6.07) is 13.7. The van der Waals surface area contributed by atoms with E-state index >= 15 is 0 Å². The van der Waals surface area contributed by atoms with Crippen LogP contribution in [0.5, 0.6) is 0 Å². The Morgan fingerprint density at radius 2 is 1.96 bits per heavy atom. The maximum atomic E-state index is 13.2. The molecule has 1 aromatic carbocycles. The predicted molar refractivity (Wildman–Crippen MR) is 92.5 cm³/mol. The number of amides is 1. The zero-order valence-electron chi connectivity index (χ0n) is 13.9. The Morgan fingerprint density at radius 1 is 1.17 bits per heavy atom. The van der Waals surface area contributed by atoms with Crippen LogP contribution in [0.4, 0.5) is 0 Å². The standard InChI is InChI=1S/C20H22N2O2/c1-13-7-8-18(14-5-3-2-4-6-14)19(21-13)20(24)22-11-16-9-15(16)10-17(22)12-23/h2-8,15-17,23H,9-12H2,1H3/t15?,16-,17?/m0/s1. The van der Waals surface area contributed by atoms with Gasteiger partial charge in [-0.05, 0) is 43.2 Å². The Morgan fingerprint density at radius 3 is 2.71 bits per heavy atom. The maximum Gasteiger partial charge on any atom is 0.273 e. The van der Waals surface area contributed by atoms with E-state index in [1.54, 1.807) is 0 Å². The number of hydrogen-bond acceptors (Lipinski definition) is 3. The Hall–Kier alpha value is -2.20. The fourth-order valence-corrected chi connectivity index (χ4v) is 3.83. The van der Waals surface area contributed by atoms with Crippen LogP contribution in [0.1, 0.15) is 29.0 Å². The number of hydrogen-bond donors (Lipinski definition) is 1. The van der Waals surface area contributed by atoms with Crippen LogP contribution in [0.3, 0.4) is 0 Å². The number of aliphatic hydroxyl groups is 1. The number of piperidine rings is 1. The number of carbonyl (C=O) groups is 1. The summed E-state index contributed by atoms with van der Waals surface area (Å²) < 4.78 is 0. The quantitative estimate of drug-likeness (QED) is 0.945. The minimum atomic E-state index is -0.0767. The molecule has 0 radical (unpaired) electrons. The van der Waals surface area contributed by atoms with Gasteiger partial charge in [0.05, 0.1) is 12.6 Å². The highest BCUT2D eigenvalue weighted by atomic mass is 16.3. The lowest BCUT2D eigenvalue weighted by molar-refractivity contribution is 0.0481. The zero-order chi connectivity index (χ0) is 16.7. The van der Waals surface area contributed by atoms with Gasteiger partial charge in [-0.15, -0.1) is 0 Å². The molecule has 2 fully saturated rings. The summed E-state index contributed by atoms with van der Waals surface area (Å²) in [6.07, 6.45) is 2.10. The van der Waals surface area contributed by atoms with E-state index in [0.29, 0.717) is 17.5 Å². The zero-order valence-corrected chi connectivity index (χ0v) is 13.9. The van der Waals surface area contributed by atoms with Crippen molar-refractivity contribution in [1.29, 1.82) is 0 Å². The number of pyridine rings is 1. The molecule has 0 spiro atoms. The fourth-order valence-electron chi connectivity index (χ4n) is 3.83. The second kappa shape index (κ2) is 6.02. The second-order valence-electron chi connectivity index (χ2n) is 7.00. The molecule has 4 rings (SSSR count). The lowest BCUT2D eigenvalue weighted by Crippen LogP contribution is -2.47. The van der Waals surface area contributed by atoms with E-state index in [4.69, 9.17) is 0 Å². The van der Waals surface area contributed by atoms with Crippen molar-refractivity contribution in [3.8, 4) is 11.1 Å². The van der Waals surface area contributed by atoms with Crippen molar-refractivity contribution in [2.24, 2.45) is 11.8 Å². The molecular formula is C20H22N2O2. The number of aromatic nitrogens is 1. The number of carbonyl (C=O) groups excluding carboxylic acids is 1. The first-order valence-electron chi connectivity index (χ1n) is 8.62. The highest BCUT2D eigenvalue weighted by Crippen LogP contribution is 2.47. The van der Waals surface area contributed by atoms with E-state index < -0.39 is 0 Å². The monoisotopic (exact) mass is 322 g/mol. The van der Waals surface area contributed by atoms with E-state index in [2.05, 4.69) is 4.98 Å². The van der Waals surface area contributed by atoms with Gasteiger partial charge in [0.2, 0.25) is 0 Å². The van der Waals surface area contributed by atoms with Gasteiger partial charge in [0, 0.05) is 17.8 Å². The van der Waals surface area contributed by atoms with Crippen LogP contribution in [0.25, 0.3) is 11.1 Å². The number of benzene rings is 1. The molecule has 1 saturated carbocycles. The van der Waals surface area contributed by atoms with Gasteiger partial charge in [0.25, 0.3) is 5.91 Å². The summed E-state index contributed by atoms with van der Waals surface area (Å²) in [7, 11) is 0. The molecule has 1 amide bonds. The molecule has 1 aliphatic carbocycles. The lowest BCUT2D eigenvalue weighted by Gasteiger charge is -2.34. The molecule has 4 nitrogen and oxygen atoms in total. The predicted octanol–water partition coefficient (Wildman–Crippen LogP) is 2.90. The Kier molecular flexibility index (Phi) is 3.85. The number of aliphatic hydroxyl groups excluding tert-OH is 1. The van der Waals surface area contributed by atoms with Gasteiger partial charge in [-0.25, -0.2) is 4.98 Å². The number of likely N-dealkylation sites (tertiary alicyclic amines) is 1. The van der Waals surface area contributed by atoms with Crippen LogP contribution in [-0.4, -0.2) is 40.1 Å². The van der Waals surface area contributed by atoms with Crippen LogP contribution >= 0.6 is 0 Å². The van der Waals surface area contributed by atoms with Gasteiger partial charge >= 0.3 is 0 Å². The van der Waals surface area contributed by atoms with E-state index in [1.165, 1.54) is 6.42 Å². The maximum absolute atomic E-state index is 13.2. The molecule has 24 heavy (non-hydrogen) atoms. The Bertz CT molecular complexity index is 759. The summed E-state index contributed by atoms with van der Waals surface area (Å²) in [5, 5.41) is 9.72. The second-order valence-corrected chi connectivity index (χ2v) is 7.00. The van der Waals surface area contributed by atoms with Crippen molar-refractivity contribution in [3.05, 3.63) is 53.9 Å². The average Bonchev–Trinajstić information content (AvgIpc) is 3.39. The van der Waals surface area contributed by atoms with Crippen LogP contribution in [0, 0.1) is 18.8 Å². The third kappa shape index (κ3) is 2.71. The van der Waals surface area contributed by atoms with E-state index in [1.807, 2.05) is 54.3 Å². The summed E-state index contributed by atoms with van der Waals surface area (Å²) in [4.78, 5) is 19.6. The highest BCUT2D eigenvalue weighted by molar-refractivity contribution is 5.99. The van der Waals surface area contributed by atoms with Gasteiger partial charge in [0.15, 0.2) is 0 Å². The molecule has 4 heteroatoms. The minimum Gasteiger partial charge on any atom is -0.394 e. The Balaban J connectivity index is 1.72. The van der Waals surface area contributed by atoms with Crippen molar-refractivity contribution >= 4 is 5.91 Å². The molecule has 2 aliphatic rings. The summed E-state index contributed by atoms with van der Waals surface area (Å²) in [6.45, 7) is 2.68. The van der Waals surface area contributed by atoms with Gasteiger partial charge in [0.1, 0.15) is 5.69 Å². The molecule has 124 valence electrons. The largest absolute Gasteiger partial charge is 0.394 e. The molecular weight excluding hydrogens is 300 g/mol. The van der Waals surface area contributed by atoms with E-state index in [0.717, 1.165) is 29.8 Å². The fraction of sp³-hybridized carbons (Fsp3) is 0.400. The van der Waals surface area contributed by atoms with Gasteiger partial charge in [-0.3, -0.25) is 4.79 Å². The molecule has 2 unspecified atom stereocenters. The smallest absolute Gasteiger partial charge is 0.273 e. The third-order valence-electron chi connectivity index (χ3n) is 5.31. The van der Waals surface area contributed by atoms with Crippen molar-refractivity contribution in [3.63, 3.8) is 0 Å². The average molecular weight is 322 g/mol. The molecule has 1 N–H and O–H groups in total. The first-order chi connectivity index (χ1) is 11.7. The van der Waals surface area contributed by atoms with Gasteiger partial charge in [-0.2, -0.15) is 0 Å². The molecule has 1 aliphatic heterocycles. The highest BCUT2D eigenvalue weighted by Gasteiger charge is 2.47. The van der Waals surface area contributed by atoms with E-state index in [-0.39, 0.29) is 18.6 Å². The topological polar surface area (TPSA) is 53.4 Å². The normalized spacial score (nSPS) is 25.2. The van der Waals surface area contributed by atoms with Gasteiger partial charge in [-0.1, -0.05) is 36.4 Å². The van der Waals surface area contributed by atoms with Crippen LogP contribution < -0.4 is 0 Å². The van der Waals surface area contributed by atoms with Crippen molar-refractivity contribution < 1.29 is 9.90 Å². The molecule has 1 saturated heterocycles. The van der Waals surface area contributed by atoms with Gasteiger partial charge < -0.3 is 10.0 Å². The van der Waals surface area contributed by atoms with Crippen LogP contribution in [-0.2, 0) is 0 Å². The van der Waals surface area contributed by atoms with Crippen molar-refractivity contribution in [1.82, 2.24) is 9.88 Å². The number of fused-ring (bicyclic) bond motifs is 1. The first kappa shape index (κ1) is 15.3. The molecule has 3 atom stereocenters. The summed E-state index contributed by atoms with van der Waals surface area (Å²) in [5.41, 5.74) is 3.19. The lowest BCUT2D eigenvalue weighted by atomic mass is 9.99. The minimum absolute atomic E-state index is 0.0292. The number of aryl methyl sites for hydroxylation is 1. The van der Waals surface area contributed by atoms with Crippen molar-refractivity contribution in [2.75, 3.05) is 13.2 Å². The Labute approximate surface area is 142 Å². The number of rotatable bonds is 3. The van der Waals surface area contributed by atoms with Crippen LogP contribution in [0.15, 0.2) is 42.5 Å².